The molecule has 2 heterocycles. The van der Waals surface area contributed by atoms with Crippen LogP contribution in [0.1, 0.15) is 24.1 Å². The van der Waals surface area contributed by atoms with E-state index in [-0.39, 0.29) is 6.04 Å². The highest BCUT2D eigenvalue weighted by atomic mass is 19.4. The molecule has 152 valence electrons. The summed E-state index contributed by atoms with van der Waals surface area (Å²) in [5.74, 6) is 0.497. The van der Waals surface area contributed by atoms with Crippen LogP contribution < -0.4 is 15.5 Å². The van der Waals surface area contributed by atoms with Crippen LogP contribution >= 0.6 is 0 Å². The number of alkyl halides is 3. The number of fused-ring (bicyclic) bond motifs is 1. The molecule has 29 heavy (non-hydrogen) atoms. The Morgan fingerprint density at radius 3 is 2.62 bits per heavy atom. The van der Waals surface area contributed by atoms with Gasteiger partial charge in [-0.05, 0) is 48.0 Å². The van der Waals surface area contributed by atoms with E-state index in [1.165, 1.54) is 6.07 Å². The highest BCUT2D eigenvalue weighted by Gasteiger charge is 2.30. The molecule has 1 aromatic heterocycles. The number of piperazine rings is 1. The molecular formula is C20H21F3N6. The number of nitrogens with one attached hydrogen (secondary N) is 2. The number of benzene rings is 2. The molecule has 0 amide bonds. The van der Waals surface area contributed by atoms with Crippen LogP contribution in [0.4, 0.5) is 24.7 Å². The average molecular weight is 402 g/mol. The molecule has 0 aliphatic carbocycles. The first kappa shape index (κ1) is 19.4. The monoisotopic (exact) mass is 402 g/mol. The van der Waals surface area contributed by atoms with Crippen LogP contribution in [0.15, 0.2) is 42.5 Å². The second kappa shape index (κ2) is 7.82. The van der Waals surface area contributed by atoms with Crippen molar-refractivity contribution < 1.29 is 13.2 Å². The molecule has 1 fully saturated rings. The highest BCUT2D eigenvalue weighted by Crippen LogP contribution is 2.32. The molecule has 1 atom stereocenters. The highest BCUT2D eigenvalue weighted by molar-refractivity contribution is 5.91. The van der Waals surface area contributed by atoms with Crippen molar-refractivity contribution in [2.75, 3.05) is 36.4 Å². The van der Waals surface area contributed by atoms with E-state index in [1.54, 1.807) is 13.0 Å². The second-order valence-electron chi connectivity index (χ2n) is 7.07. The van der Waals surface area contributed by atoms with Gasteiger partial charge in [0.05, 0.1) is 17.1 Å². The molecule has 0 spiro atoms. The SMILES string of the molecule is C[C@@H](Nc1nnnc2ccc(N3CCNCC3)cc12)c1cccc(C(F)(F)F)c1. The smallest absolute Gasteiger partial charge is 0.369 e. The molecule has 6 nitrogen and oxygen atoms in total. The summed E-state index contributed by atoms with van der Waals surface area (Å²) >= 11 is 0. The van der Waals surface area contributed by atoms with Gasteiger partial charge in [0, 0.05) is 37.3 Å². The van der Waals surface area contributed by atoms with Crippen LogP contribution in [0.2, 0.25) is 0 Å². The third-order valence-electron chi connectivity index (χ3n) is 5.08. The van der Waals surface area contributed by atoms with Crippen molar-refractivity contribution in [3.05, 3.63) is 53.6 Å². The topological polar surface area (TPSA) is 66.0 Å². The zero-order valence-electron chi connectivity index (χ0n) is 15.9. The van der Waals surface area contributed by atoms with Crippen molar-refractivity contribution in [3.63, 3.8) is 0 Å². The molecule has 1 aliphatic heterocycles. The summed E-state index contributed by atoms with van der Waals surface area (Å²) < 4.78 is 39.1. The van der Waals surface area contributed by atoms with Gasteiger partial charge >= 0.3 is 6.18 Å². The van der Waals surface area contributed by atoms with Crippen molar-refractivity contribution in [3.8, 4) is 0 Å². The lowest BCUT2D eigenvalue weighted by Gasteiger charge is -2.29. The van der Waals surface area contributed by atoms with Gasteiger partial charge in [0.15, 0.2) is 5.82 Å². The molecule has 2 N–H and O–H groups in total. The summed E-state index contributed by atoms with van der Waals surface area (Å²) in [5.41, 5.74) is 1.58. The van der Waals surface area contributed by atoms with E-state index in [0.29, 0.717) is 16.9 Å². The van der Waals surface area contributed by atoms with E-state index in [0.717, 1.165) is 49.4 Å². The first-order valence-corrected chi connectivity index (χ1v) is 9.44. The molecule has 9 heteroatoms. The van der Waals surface area contributed by atoms with Crippen molar-refractivity contribution >= 4 is 22.4 Å². The van der Waals surface area contributed by atoms with E-state index >= 15 is 0 Å². The normalized spacial score (nSPS) is 16.1. The van der Waals surface area contributed by atoms with Crippen LogP contribution in [0, 0.1) is 0 Å². The van der Waals surface area contributed by atoms with Crippen LogP contribution in [-0.2, 0) is 6.18 Å². The number of nitrogens with zero attached hydrogens (tertiary/aromatic N) is 4. The van der Waals surface area contributed by atoms with E-state index in [2.05, 4.69) is 30.9 Å². The fourth-order valence-electron chi connectivity index (χ4n) is 3.47. The molecule has 0 bridgehead atoms. The Labute approximate surface area is 166 Å². The zero-order valence-corrected chi connectivity index (χ0v) is 15.9. The van der Waals surface area contributed by atoms with Crippen LogP contribution in [0.5, 0.6) is 0 Å². The average Bonchev–Trinajstić information content (AvgIpc) is 2.74. The second-order valence-corrected chi connectivity index (χ2v) is 7.07. The predicted octanol–water partition coefficient (Wildman–Crippen LogP) is 3.63. The van der Waals surface area contributed by atoms with Crippen molar-refractivity contribution in [1.29, 1.82) is 0 Å². The first-order chi connectivity index (χ1) is 13.9. The summed E-state index contributed by atoms with van der Waals surface area (Å²) in [6.45, 7) is 5.44. The lowest BCUT2D eigenvalue weighted by Crippen LogP contribution is -2.43. The summed E-state index contributed by atoms with van der Waals surface area (Å²) in [6.07, 6.45) is -4.38. The maximum atomic E-state index is 13.0. The number of anilines is 2. The number of rotatable bonds is 4. The third-order valence-corrected chi connectivity index (χ3v) is 5.08. The zero-order chi connectivity index (χ0) is 20.4. The van der Waals surface area contributed by atoms with E-state index in [1.807, 2.05) is 18.2 Å². The third kappa shape index (κ3) is 4.24. The standard InChI is InChI=1S/C20H21F3N6/c1-13(14-3-2-4-15(11-14)20(21,22)23)25-19-17-12-16(29-9-7-24-8-10-29)5-6-18(17)26-28-27-19/h2-6,11-13,24H,7-10H2,1H3,(H,25,26,27)/t13-/m1/s1. The molecule has 0 saturated carbocycles. The molecule has 0 unspecified atom stereocenters. The molecule has 2 aromatic carbocycles. The van der Waals surface area contributed by atoms with Gasteiger partial charge < -0.3 is 15.5 Å². The van der Waals surface area contributed by atoms with E-state index < -0.39 is 11.7 Å². The first-order valence-electron chi connectivity index (χ1n) is 9.44. The lowest BCUT2D eigenvalue weighted by molar-refractivity contribution is -0.137. The molecular weight excluding hydrogens is 381 g/mol. The fourth-order valence-corrected chi connectivity index (χ4v) is 3.47. The maximum absolute atomic E-state index is 13.0. The lowest BCUT2D eigenvalue weighted by atomic mass is 10.0. The Morgan fingerprint density at radius 1 is 1.07 bits per heavy atom. The summed E-state index contributed by atoms with van der Waals surface area (Å²) in [6, 6.07) is 10.8. The van der Waals surface area contributed by atoms with Gasteiger partial charge in [-0.3, -0.25) is 0 Å². The fraction of sp³-hybridized carbons (Fsp3) is 0.350. The van der Waals surface area contributed by atoms with Gasteiger partial charge in [0.1, 0.15) is 0 Å². The quantitative estimate of drug-likeness (QED) is 0.695. The maximum Gasteiger partial charge on any atom is 0.416 e. The van der Waals surface area contributed by atoms with Gasteiger partial charge in [0.25, 0.3) is 0 Å². The Balaban J connectivity index is 1.63. The molecule has 4 rings (SSSR count). The largest absolute Gasteiger partial charge is 0.416 e. The predicted molar refractivity (Wildman–Crippen MR) is 106 cm³/mol. The van der Waals surface area contributed by atoms with Crippen molar-refractivity contribution in [1.82, 2.24) is 20.7 Å². The Bertz CT molecular complexity index is 1000. The minimum Gasteiger partial charge on any atom is -0.369 e. The number of hydrogen-bond donors (Lipinski definition) is 2. The van der Waals surface area contributed by atoms with Gasteiger partial charge in [-0.25, -0.2) is 0 Å². The number of aromatic nitrogens is 3. The Hall–Kier alpha value is -2.94. The van der Waals surface area contributed by atoms with Crippen molar-refractivity contribution in [2.45, 2.75) is 19.1 Å². The molecule has 1 saturated heterocycles. The van der Waals surface area contributed by atoms with Crippen LogP contribution in [0.25, 0.3) is 10.9 Å². The van der Waals surface area contributed by atoms with E-state index in [9.17, 15) is 13.2 Å². The minimum atomic E-state index is -4.38. The van der Waals surface area contributed by atoms with Gasteiger partial charge in [-0.2, -0.15) is 13.2 Å². The summed E-state index contributed by atoms with van der Waals surface area (Å²) in [4.78, 5) is 2.27. The van der Waals surface area contributed by atoms with Crippen LogP contribution in [-0.4, -0.2) is 41.6 Å². The number of halogens is 3. The molecule has 0 radical (unpaired) electrons. The van der Waals surface area contributed by atoms with Crippen molar-refractivity contribution in [2.24, 2.45) is 0 Å². The Kier molecular flexibility index (Phi) is 5.23. The summed E-state index contributed by atoms with van der Waals surface area (Å²) in [7, 11) is 0. The molecule has 3 aromatic rings. The van der Waals surface area contributed by atoms with Crippen LogP contribution in [0.3, 0.4) is 0 Å². The minimum absolute atomic E-state index is 0.389. The van der Waals surface area contributed by atoms with Gasteiger partial charge in [-0.1, -0.05) is 12.1 Å². The van der Waals surface area contributed by atoms with Gasteiger partial charge in [0.2, 0.25) is 0 Å². The summed E-state index contributed by atoms with van der Waals surface area (Å²) in [5, 5.41) is 19.3. The Morgan fingerprint density at radius 2 is 1.86 bits per heavy atom. The number of hydrogen-bond acceptors (Lipinski definition) is 6. The van der Waals surface area contributed by atoms with Gasteiger partial charge in [-0.15, -0.1) is 10.2 Å². The van der Waals surface area contributed by atoms with E-state index in [4.69, 9.17) is 0 Å². The molecule has 1 aliphatic rings.